The molecular weight excluding hydrogens is 304 g/mol. The predicted molar refractivity (Wildman–Crippen MR) is 72.2 cm³/mol. The first-order chi connectivity index (χ1) is 9.33. The number of nitrogens with one attached hydrogen (secondary N) is 2. The van der Waals surface area contributed by atoms with Crippen LogP contribution in [0.3, 0.4) is 0 Å². The Balaban J connectivity index is 1.96. The first kappa shape index (κ1) is 14.9. The van der Waals surface area contributed by atoms with Crippen molar-refractivity contribution in [2.75, 3.05) is 7.05 Å². The van der Waals surface area contributed by atoms with E-state index in [0.29, 0.717) is 12.8 Å². The molecular formula is C11H14N2O5S2. The quantitative estimate of drug-likeness (QED) is 0.720. The van der Waals surface area contributed by atoms with Crippen molar-refractivity contribution < 1.29 is 23.1 Å². The van der Waals surface area contributed by atoms with E-state index in [-0.39, 0.29) is 21.7 Å². The van der Waals surface area contributed by atoms with Crippen molar-refractivity contribution in [1.29, 1.82) is 0 Å². The molecule has 0 saturated heterocycles. The lowest BCUT2D eigenvalue weighted by atomic mass is 9.80. The Bertz CT molecular complexity index is 631. The fourth-order valence-corrected chi connectivity index (χ4v) is 3.80. The second-order valence-corrected chi connectivity index (χ2v) is 7.33. The molecule has 0 aromatic carbocycles. The van der Waals surface area contributed by atoms with Crippen LogP contribution in [-0.2, 0) is 14.8 Å². The van der Waals surface area contributed by atoms with Crippen LogP contribution in [0, 0.1) is 5.92 Å². The highest BCUT2D eigenvalue weighted by Crippen LogP contribution is 2.28. The van der Waals surface area contributed by atoms with Gasteiger partial charge in [-0.05, 0) is 26.0 Å². The van der Waals surface area contributed by atoms with E-state index in [2.05, 4.69) is 10.0 Å². The van der Waals surface area contributed by atoms with Gasteiger partial charge in [-0.3, -0.25) is 9.59 Å². The Morgan fingerprint density at radius 1 is 1.40 bits per heavy atom. The number of carboxylic acids is 1. The normalized spacial score (nSPS) is 22.1. The molecule has 0 unspecified atom stereocenters. The van der Waals surface area contributed by atoms with Crippen molar-refractivity contribution in [3.05, 3.63) is 16.3 Å². The molecule has 1 aromatic heterocycles. The molecule has 20 heavy (non-hydrogen) atoms. The van der Waals surface area contributed by atoms with Gasteiger partial charge in [-0.25, -0.2) is 13.1 Å². The second kappa shape index (κ2) is 5.51. The molecule has 7 nitrogen and oxygen atoms in total. The van der Waals surface area contributed by atoms with Gasteiger partial charge >= 0.3 is 5.97 Å². The lowest BCUT2D eigenvalue weighted by Crippen LogP contribution is -2.46. The smallest absolute Gasteiger partial charge is 0.306 e. The molecule has 1 fully saturated rings. The van der Waals surface area contributed by atoms with E-state index in [0.717, 1.165) is 11.3 Å². The highest BCUT2D eigenvalue weighted by Gasteiger charge is 2.35. The van der Waals surface area contributed by atoms with Gasteiger partial charge in [-0.15, -0.1) is 11.3 Å². The van der Waals surface area contributed by atoms with E-state index in [4.69, 9.17) is 5.11 Å². The van der Waals surface area contributed by atoms with Crippen LogP contribution in [0.15, 0.2) is 16.3 Å². The molecule has 3 N–H and O–H groups in total. The number of hydrogen-bond acceptors (Lipinski definition) is 5. The summed E-state index contributed by atoms with van der Waals surface area (Å²) < 4.78 is 25.3. The molecule has 0 atom stereocenters. The maximum Gasteiger partial charge on any atom is 0.306 e. The second-order valence-electron chi connectivity index (χ2n) is 4.53. The zero-order valence-corrected chi connectivity index (χ0v) is 12.3. The summed E-state index contributed by atoms with van der Waals surface area (Å²) in [7, 11) is -2.25. The van der Waals surface area contributed by atoms with E-state index in [1.165, 1.54) is 18.5 Å². The van der Waals surface area contributed by atoms with Gasteiger partial charge in [0.2, 0.25) is 10.0 Å². The molecule has 0 radical (unpaired) electrons. The Morgan fingerprint density at radius 3 is 2.60 bits per heavy atom. The topological polar surface area (TPSA) is 113 Å². The molecule has 2 rings (SSSR count). The summed E-state index contributed by atoms with van der Waals surface area (Å²) in [6.07, 6.45) is 0.822. The molecule has 1 saturated carbocycles. The number of carbonyl (C=O) groups excluding carboxylic acids is 1. The van der Waals surface area contributed by atoms with Crippen LogP contribution >= 0.6 is 11.3 Å². The van der Waals surface area contributed by atoms with Crippen molar-refractivity contribution in [2.45, 2.75) is 23.8 Å². The number of aliphatic carboxylic acids is 1. The highest BCUT2D eigenvalue weighted by molar-refractivity contribution is 7.89. The lowest BCUT2D eigenvalue weighted by Gasteiger charge is -2.32. The SMILES string of the molecule is CNS(=O)(=O)c1csc(C(=O)NC2CC(C(=O)O)C2)c1. The van der Waals surface area contributed by atoms with Gasteiger partial charge in [0.15, 0.2) is 0 Å². The molecule has 1 amide bonds. The van der Waals surface area contributed by atoms with Gasteiger partial charge < -0.3 is 10.4 Å². The number of thiophene rings is 1. The summed E-state index contributed by atoms with van der Waals surface area (Å²) in [6, 6.07) is 1.15. The van der Waals surface area contributed by atoms with Gasteiger partial charge in [0.1, 0.15) is 0 Å². The predicted octanol–water partition coefficient (Wildman–Crippen LogP) is 0.249. The number of rotatable bonds is 5. The van der Waals surface area contributed by atoms with Crippen LogP contribution in [-0.4, -0.2) is 38.5 Å². The molecule has 1 aliphatic carbocycles. The largest absolute Gasteiger partial charge is 0.481 e. The van der Waals surface area contributed by atoms with Crippen LogP contribution in [0.5, 0.6) is 0 Å². The van der Waals surface area contributed by atoms with Crippen LogP contribution in [0.1, 0.15) is 22.5 Å². The minimum absolute atomic E-state index is 0.0483. The molecule has 9 heteroatoms. The number of carbonyl (C=O) groups is 2. The van der Waals surface area contributed by atoms with E-state index >= 15 is 0 Å². The fraction of sp³-hybridized carbons (Fsp3) is 0.455. The first-order valence-corrected chi connectivity index (χ1v) is 8.25. The number of hydrogen-bond donors (Lipinski definition) is 3. The van der Waals surface area contributed by atoms with E-state index < -0.39 is 21.9 Å². The van der Waals surface area contributed by atoms with Crippen LogP contribution in [0.4, 0.5) is 0 Å². The van der Waals surface area contributed by atoms with Crippen molar-refractivity contribution in [3.8, 4) is 0 Å². The van der Waals surface area contributed by atoms with Crippen molar-refractivity contribution >= 4 is 33.2 Å². The first-order valence-electron chi connectivity index (χ1n) is 5.89. The van der Waals surface area contributed by atoms with Gasteiger partial charge in [0.05, 0.1) is 15.7 Å². The molecule has 0 spiro atoms. The van der Waals surface area contributed by atoms with E-state index in [9.17, 15) is 18.0 Å². The van der Waals surface area contributed by atoms with E-state index in [1.807, 2.05) is 0 Å². The fourth-order valence-electron chi connectivity index (χ4n) is 1.89. The third-order valence-corrected chi connectivity index (χ3v) is 5.67. The van der Waals surface area contributed by atoms with Gasteiger partial charge in [0, 0.05) is 11.4 Å². The summed E-state index contributed by atoms with van der Waals surface area (Å²) in [5.74, 6) is -1.63. The summed E-state index contributed by atoms with van der Waals surface area (Å²) in [5, 5.41) is 12.8. The zero-order valence-electron chi connectivity index (χ0n) is 10.6. The monoisotopic (exact) mass is 318 g/mol. The average molecular weight is 318 g/mol. The standard InChI is InChI=1S/C11H14N2O5S2/c1-12-20(17,18)8-4-9(19-5-8)10(14)13-7-2-6(3-7)11(15)16/h4-7,12H,2-3H2,1H3,(H,13,14)(H,15,16). The summed E-state index contributed by atoms with van der Waals surface area (Å²) >= 11 is 1.04. The number of carboxylic acid groups (broad SMARTS) is 1. The summed E-state index contributed by atoms with van der Waals surface area (Å²) in [6.45, 7) is 0. The minimum atomic E-state index is -3.55. The van der Waals surface area contributed by atoms with Gasteiger partial charge in [-0.2, -0.15) is 0 Å². The lowest BCUT2D eigenvalue weighted by molar-refractivity contribution is -0.145. The number of amides is 1. The van der Waals surface area contributed by atoms with Gasteiger partial charge in [-0.1, -0.05) is 0 Å². The van der Waals surface area contributed by atoms with Gasteiger partial charge in [0.25, 0.3) is 5.91 Å². The van der Waals surface area contributed by atoms with Crippen LogP contribution < -0.4 is 10.0 Å². The summed E-state index contributed by atoms with van der Waals surface area (Å²) in [4.78, 5) is 22.9. The maximum atomic E-state index is 11.9. The molecule has 110 valence electrons. The van der Waals surface area contributed by atoms with Crippen LogP contribution in [0.2, 0.25) is 0 Å². The highest BCUT2D eigenvalue weighted by atomic mass is 32.2. The average Bonchev–Trinajstić information content (AvgIpc) is 2.82. The third-order valence-electron chi connectivity index (χ3n) is 3.20. The Morgan fingerprint density at radius 2 is 2.05 bits per heavy atom. The molecule has 1 heterocycles. The third kappa shape index (κ3) is 3.00. The molecule has 0 aliphatic heterocycles. The van der Waals surface area contributed by atoms with Crippen molar-refractivity contribution in [2.24, 2.45) is 5.92 Å². The summed E-state index contributed by atoms with van der Waals surface area (Å²) in [5.41, 5.74) is 0. The zero-order chi connectivity index (χ0) is 14.9. The Labute approximate surface area is 120 Å². The van der Waals surface area contributed by atoms with E-state index in [1.54, 1.807) is 0 Å². The molecule has 1 aliphatic rings. The van der Waals surface area contributed by atoms with Crippen molar-refractivity contribution in [3.63, 3.8) is 0 Å². The number of sulfonamides is 1. The van der Waals surface area contributed by atoms with Crippen LogP contribution in [0.25, 0.3) is 0 Å². The Kier molecular flexibility index (Phi) is 4.11. The molecule has 1 aromatic rings. The van der Waals surface area contributed by atoms with Crippen molar-refractivity contribution in [1.82, 2.24) is 10.0 Å². The molecule has 0 bridgehead atoms. The maximum absolute atomic E-state index is 11.9. The Hall–Kier alpha value is -1.45. The minimum Gasteiger partial charge on any atom is -0.481 e.